The summed E-state index contributed by atoms with van der Waals surface area (Å²) in [5.41, 5.74) is 4.04. The molecular formula is C16H17N3O2. The highest BCUT2D eigenvalue weighted by Gasteiger charge is 2.24. The number of anilines is 1. The number of hydrogen-bond acceptors (Lipinski definition) is 4. The van der Waals surface area contributed by atoms with Crippen molar-refractivity contribution in [2.24, 2.45) is 0 Å². The molecule has 0 saturated heterocycles. The van der Waals surface area contributed by atoms with Gasteiger partial charge >= 0.3 is 0 Å². The van der Waals surface area contributed by atoms with Crippen LogP contribution < -0.4 is 5.32 Å². The predicted octanol–water partition coefficient (Wildman–Crippen LogP) is 3.65. The minimum Gasteiger partial charge on any atom is -0.376 e. The van der Waals surface area contributed by atoms with Crippen molar-refractivity contribution in [3.63, 3.8) is 0 Å². The molecule has 0 radical (unpaired) electrons. The van der Waals surface area contributed by atoms with Crippen molar-refractivity contribution in [1.29, 1.82) is 0 Å². The number of nitro groups is 1. The quantitative estimate of drug-likeness (QED) is 0.687. The summed E-state index contributed by atoms with van der Waals surface area (Å²) in [4.78, 5) is 15.3. The maximum atomic E-state index is 11.1. The van der Waals surface area contributed by atoms with Crippen LogP contribution in [0.5, 0.6) is 0 Å². The van der Waals surface area contributed by atoms with Crippen molar-refractivity contribution >= 4 is 11.4 Å². The lowest BCUT2D eigenvalue weighted by Crippen LogP contribution is -2.09. The van der Waals surface area contributed by atoms with E-state index in [9.17, 15) is 10.1 Å². The van der Waals surface area contributed by atoms with Crippen LogP contribution in [-0.2, 0) is 12.8 Å². The third kappa shape index (κ3) is 2.59. The first-order chi connectivity index (χ1) is 10.2. The molecule has 1 N–H and O–H groups in total. The number of nitrogens with one attached hydrogen (secondary N) is 1. The summed E-state index contributed by atoms with van der Waals surface area (Å²) in [6.45, 7) is 1.92. The molecule has 1 heterocycles. The molecule has 3 rings (SSSR count). The topological polar surface area (TPSA) is 68.1 Å². The van der Waals surface area contributed by atoms with Crippen LogP contribution in [0.25, 0.3) is 0 Å². The number of rotatable bonds is 4. The Morgan fingerprint density at radius 1 is 1.43 bits per heavy atom. The molecule has 1 atom stereocenters. The normalized spacial score (nSPS) is 16.5. The fourth-order valence-corrected chi connectivity index (χ4v) is 2.88. The van der Waals surface area contributed by atoms with Gasteiger partial charge in [-0.25, -0.2) is 0 Å². The van der Waals surface area contributed by atoms with Crippen LogP contribution in [0.2, 0.25) is 0 Å². The maximum absolute atomic E-state index is 11.1. The zero-order valence-corrected chi connectivity index (χ0v) is 11.9. The van der Waals surface area contributed by atoms with Gasteiger partial charge in [-0.1, -0.05) is 19.1 Å². The van der Waals surface area contributed by atoms with Crippen LogP contribution in [0.1, 0.15) is 36.2 Å². The highest BCUT2D eigenvalue weighted by atomic mass is 16.6. The summed E-state index contributed by atoms with van der Waals surface area (Å²) in [5, 5.41) is 14.5. The standard InChI is InChI=1S/C16H17N3O2/c1-2-11-5-7-13(10-15(11)19(20)21)18-14-8-6-12-4-3-9-17-16(12)14/h3-5,7,9-10,14,18H,2,6,8H2,1H3. The van der Waals surface area contributed by atoms with Crippen molar-refractivity contribution in [1.82, 2.24) is 4.98 Å². The van der Waals surface area contributed by atoms with Crippen LogP contribution in [0.15, 0.2) is 36.5 Å². The van der Waals surface area contributed by atoms with E-state index >= 15 is 0 Å². The highest BCUT2D eigenvalue weighted by molar-refractivity contribution is 5.56. The van der Waals surface area contributed by atoms with Crippen LogP contribution in [0, 0.1) is 10.1 Å². The van der Waals surface area contributed by atoms with Crippen LogP contribution in [0.4, 0.5) is 11.4 Å². The Bertz CT molecular complexity index is 685. The first-order valence-corrected chi connectivity index (χ1v) is 7.16. The third-order valence-corrected chi connectivity index (χ3v) is 3.96. The van der Waals surface area contributed by atoms with E-state index in [4.69, 9.17) is 0 Å². The smallest absolute Gasteiger partial charge is 0.274 e. The number of aryl methyl sites for hydroxylation is 2. The molecule has 1 aromatic carbocycles. The van der Waals surface area contributed by atoms with Gasteiger partial charge in [0.05, 0.1) is 16.7 Å². The van der Waals surface area contributed by atoms with Gasteiger partial charge in [0, 0.05) is 23.5 Å². The zero-order chi connectivity index (χ0) is 14.8. The molecule has 1 aliphatic carbocycles. The number of nitro benzene ring substituents is 1. The Labute approximate surface area is 123 Å². The second-order valence-corrected chi connectivity index (χ2v) is 5.24. The van der Waals surface area contributed by atoms with E-state index in [1.807, 2.05) is 25.1 Å². The Morgan fingerprint density at radius 2 is 2.29 bits per heavy atom. The predicted molar refractivity (Wildman–Crippen MR) is 81.4 cm³/mol. The van der Waals surface area contributed by atoms with Crippen molar-refractivity contribution in [3.05, 3.63) is 63.5 Å². The average Bonchev–Trinajstić information content (AvgIpc) is 2.90. The Balaban J connectivity index is 1.86. The van der Waals surface area contributed by atoms with E-state index < -0.39 is 0 Å². The molecule has 5 heteroatoms. The summed E-state index contributed by atoms with van der Waals surface area (Å²) < 4.78 is 0. The summed E-state index contributed by atoms with van der Waals surface area (Å²) >= 11 is 0. The van der Waals surface area contributed by atoms with Gasteiger partial charge in [0.2, 0.25) is 0 Å². The summed E-state index contributed by atoms with van der Waals surface area (Å²) in [7, 11) is 0. The van der Waals surface area contributed by atoms with Gasteiger partial charge in [0.1, 0.15) is 0 Å². The zero-order valence-electron chi connectivity index (χ0n) is 11.9. The van der Waals surface area contributed by atoms with E-state index in [1.54, 1.807) is 12.3 Å². The van der Waals surface area contributed by atoms with Gasteiger partial charge in [0.15, 0.2) is 0 Å². The summed E-state index contributed by atoms with van der Waals surface area (Å²) in [5.74, 6) is 0. The number of benzene rings is 1. The molecule has 0 spiro atoms. The average molecular weight is 283 g/mol. The Hall–Kier alpha value is -2.43. The third-order valence-electron chi connectivity index (χ3n) is 3.96. The van der Waals surface area contributed by atoms with Crippen molar-refractivity contribution in [3.8, 4) is 0 Å². The fraction of sp³-hybridized carbons (Fsp3) is 0.312. The summed E-state index contributed by atoms with van der Waals surface area (Å²) in [6.07, 6.45) is 4.41. The van der Waals surface area contributed by atoms with E-state index in [0.717, 1.165) is 29.8 Å². The van der Waals surface area contributed by atoms with Crippen molar-refractivity contribution < 1.29 is 4.92 Å². The number of aromatic nitrogens is 1. The monoisotopic (exact) mass is 283 g/mol. The second-order valence-electron chi connectivity index (χ2n) is 5.24. The van der Waals surface area contributed by atoms with Gasteiger partial charge in [-0.15, -0.1) is 0 Å². The van der Waals surface area contributed by atoms with Crippen LogP contribution >= 0.6 is 0 Å². The molecule has 1 aliphatic rings. The lowest BCUT2D eigenvalue weighted by atomic mass is 10.1. The van der Waals surface area contributed by atoms with Gasteiger partial charge in [-0.2, -0.15) is 0 Å². The van der Waals surface area contributed by atoms with Crippen molar-refractivity contribution in [2.45, 2.75) is 32.2 Å². The van der Waals surface area contributed by atoms with E-state index in [1.165, 1.54) is 5.56 Å². The second kappa shape index (κ2) is 5.52. The van der Waals surface area contributed by atoms with Crippen molar-refractivity contribution in [2.75, 3.05) is 5.32 Å². The molecular weight excluding hydrogens is 266 g/mol. The minimum absolute atomic E-state index is 0.133. The van der Waals surface area contributed by atoms with Gasteiger partial charge in [0.25, 0.3) is 5.69 Å². The molecule has 0 amide bonds. The minimum atomic E-state index is -0.315. The number of nitrogens with zero attached hydrogens (tertiary/aromatic N) is 2. The van der Waals surface area contributed by atoms with Gasteiger partial charge in [-0.05, 0) is 37.0 Å². The van der Waals surface area contributed by atoms with E-state index in [0.29, 0.717) is 6.42 Å². The van der Waals surface area contributed by atoms with E-state index in [-0.39, 0.29) is 16.7 Å². The SMILES string of the molecule is CCc1ccc(NC2CCc3cccnc32)cc1[N+](=O)[O-]. The molecule has 2 aromatic rings. The first kappa shape index (κ1) is 13.5. The summed E-state index contributed by atoms with van der Waals surface area (Å²) in [6, 6.07) is 9.53. The van der Waals surface area contributed by atoms with Crippen LogP contribution in [-0.4, -0.2) is 9.91 Å². The van der Waals surface area contributed by atoms with E-state index in [2.05, 4.69) is 16.4 Å². The largest absolute Gasteiger partial charge is 0.376 e. The van der Waals surface area contributed by atoms with Gasteiger partial charge < -0.3 is 5.32 Å². The molecule has 0 saturated carbocycles. The van der Waals surface area contributed by atoms with Crippen LogP contribution in [0.3, 0.4) is 0 Å². The molecule has 21 heavy (non-hydrogen) atoms. The number of hydrogen-bond donors (Lipinski definition) is 1. The maximum Gasteiger partial charge on any atom is 0.274 e. The fourth-order valence-electron chi connectivity index (χ4n) is 2.88. The molecule has 0 aliphatic heterocycles. The Morgan fingerprint density at radius 3 is 3.05 bits per heavy atom. The lowest BCUT2D eigenvalue weighted by Gasteiger charge is -2.15. The highest BCUT2D eigenvalue weighted by Crippen LogP contribution is 2.33. The molecule has 1 aromatic heterocycles. The van der Waals surface area contributed by atoms with Gasteiger partial charge in [-0.3, -0.25) is 15.1 Å². The number of fused-ring (bicyclic) bond motifs is 1. The molecule has 5 nitrogen and oxygen atoms in total. The molecule has 0 bridgehead atoms. The molecule has 1 unspecified atom stereocenters. The Kier molecular flexibility index (Phi) is 3.56. The molecule has 0 fully saturated rings. The molecule has 108 valence electrons. The lowest BCUT2D eigenvalue weighted by molar-refractivity contribution is -0.385. The first-order valence-electron chi connectivity index (χ1n) is 7.16. The number of pyridine rings is 1.